The van der Waals surface area contributed by atoms with Crippen LogP contribution in [0, 0.1) is 23.7 Å². The van der Waals surface area contributed by atoms with Crippen LogP contribution in [0.3, 0.4) is 0 Å². The summed E-state index contributed by atoms with van der Waals surface area (Å²) in [5.74, 6) is -2.24. The number of anilines is 3. The number of fused-ring (bicyclic) bond motifs is 2. The fraction of sp³-hybridized carbons (Fsp3) is 0.500. The number of aliphatic carboxylic acids is 1. The first-order chi connectivity index (χ1) is 25.5. The van der Waals surface area contributed by atoms with E-state index in [1.807, 2.05) is 6.08 Å². The van der Waals surface area contributed by atoms with Gasteiger partial charge in [0.15, 0.2) is 5.69 Å². The Kier molecular flexibility index (Phi) is 7.79. The molecule has 4 heterocycles. The SMILES string of the molecule is O=C(NC1(C(=O)O)C2CC3CC(C2)CC1C3)c1cnc(N2C(=O)C3(C=CCC3)c3cc(OC4CCN(c5ncccn5)CC4)ccc32)nc1C(F)(F)F. The Hall–Kier alpha value is -5.08. The molecule has 1 atom stereocenters. The van der Waals surface area contributed by atoms with Crippen molar-refractivity contribution in [3.05, 3.63) is 71.8 Å². The lowest BCUT2D eigenvalue weighted by Gasteiger charge is -2.59. The fourth-order valence-electron chi connectivity index (χ4n) is 10.3. The fourth-order valence-corrected chi connectivity index (χ4v) is 10.3. The van der Waals surface area contributed by atoms with Crippen LogP contribution in [0.2, 0.25) is 0 Å². The van der Waals surface area contributed by atoms with Crippen LogP contribution in [0.25, 0.3) is 0 Å². The van der Waals surface area contributed by atoms with Gasteiger partial charge in [-0.15, -0.1) is 0 Å². The highest BCUT2D eigenvalue weighted by Crippen LogP contribution is 2.58. The van der Waals surface area contributed by atoms with Crippen LogP contribution < -0.4 is 19.9 Å². The van der Waals surface area contributed by atoms with Crippen molar-refractivity contribution in [2.75, 3.05) is 22.9 Å². The summed E-state index contributed by atoms with van der Waals surface area (Å²) in [6, 6.07) is 6.86. The molecule has 4 bridgehead atoms. The van der Waals surface area contributed by atoms with Gasteiger partial charge in [-0.25, -0.2) is 29.6 Å². The summed E-state index contributed by atoms with van der Waals surface area (Å²) in [5.41, 5.74) is -4.32. The van der Waals surface area contributed by atoms with E-state index in [2.05, 4.69) is 30.2 Å². The molecule has 2 amide bonds. The largest absolute Gasteiger partial charge is 0.490 e. The van der Waals surface area contributed by atoms with E-state index in [1.54, 1.807) is 42.7 Å². The first-order valence-electron chi connectivity index (χ1n) is 18.3. The van der Waals surface area contributed by atoms with E-state index < -0.39 is 52.1 Å². The Morgan fingerprint density at radius 3 is 2.28 bits per heavy atom. The molecule has 2 N–H and O–H groups in total. The molecule has 5 aliphatic carbocycles. The monoisotopic (exact) mass is 729 g/mol. The standard InChI is InChI=1S/C38H38F3N7O5/c39-38(40,41)30-27(31(49)46-37(33(51)52)23-15-21-14-22(17-23)18-24(37)16-21)20-44-35(45-30)48-29-5-4-26(19-28(29)36(32(48)50)8-1-2-9-36)53-25-6-12-47(13-7-25)34-42-10-3-11-43-34/h1,3-5,8,10-11,19-25H,2,6-7,9,12-18H2,(H,46,49)(H,51,52). The summed E-state index contributed by atoms with van der Waals surface area (Å²) in [5, 5.41) is 13.0. The van der Waals surface area contributed by atoms with Gasteiger partial charge in [0.25, 0.3) is 5.91 Å². The number of carboxylic acid groups (broad SMARTS) is 1. The molecule has 2 aromatic heterocycles. The number of ether oxygens (including phenoxy) is 1. The van der Waals surface area contributed by atoms with Gasteiger partial charge in [0.1, 0.15) is 17.4 Å². The number of alkyl halides is 3. The summed E-state index contributed by atoms with van der Waals surface area (Å²) < 4.78 is 50.6. The van der Waals surface area contributed by atoms with Crippen molar-refractivity contribution in [2.24, 2.45) is 23.7 Å². The van der Waals surface area contributed by atoms with Crippen molar-refractivity contribution in [3.8, 4) is 5.75 Å². The molecule has 1 aromatic carbocycles. The molecule has 3 aromatic rings. The normalized spacial score (nSPS) is 30.3. The lowest BCUT2D eigenvalue weighted by atomic mass is 9.48. The number of piperidine rings is 1. The number of hydrogen-bond donors (Lipinski definition) is 2. The maximum atomic E-state index is 14.8. The van der Waals surface area contributed by atoms with Crippen LogP contribution in [-0.2, 0) is 21.2 Å². The molecular weight excluding hydrogens is 691 g/mol. The minimum absolute atomic E-state index is 0.105. The van der Waals surface area contributed by atoms with Crippen molar-refractivity contribution in [1.29, 1.82) is 0 Å². The van der Waals surface area contributed by atoms with E-state index in [0.717, 1.165) is 30.4 Å². The van der Waals surface area contributed by atoms with Crippen molar-refractivity contribution >= 4 is 35.4 Å². The number of nitrogens with one attached hydrogen (secondary N) is 1. The smallest absolute Gasteiger partial charge is 0.434 e. The van der Waals surface area contributed by atoms with Gasteiger partial charge >= 0.3 is 12.1 Å². The quantitative estimate of drug-likeness (QED) is 0.294. The molecule has 12 nitrogen and oxygen atoms in total. The molecule has 2 aliphatic heterocycles. The zero-order valence-electron chi connectivity index (χ0n) is 28.8. The highest BCUT2D eigenvalue weighted by atomic mass is 19.4. The van der Waals surface area contributed by atoms with Gasteiger partial charge in [0.05, 0.1) is 16.7 Å². The Morgan fingerprint density at radius 1 is 0.962 bits per heavy atom. The summed E-state index contributed by atoms with van der Waals surface area (Å²) >= 11 is 0. The lowest BCUT2D eigenvalue weighted by Crippen LogP contribution is -2.70. The summed E-state index contributed by atoms with van der Waals surface area (Å²) in [4.78, 5) is 60.7. The average Bonchev–Trinajstić information content (AvgIpc) is 3.73. The van der Waals surface area contributed by atoms with Gasteiger partial charge in [-0.1, -0.05) is 12.2 Å². The minimum Gasteiger partial charge on any atom is -0.490 e. The molecule has 1 saturated heterocycles. The molecule has 10 rings (SSSR count). The van der Waals surface area contributed by atoms with Crippen LogP contribution in [0.15, 0.2) is 55.0 Å². The molecule has 5 fully saturated rings. The molecule has 1 unspecified atom stereocenters. The highest BCUT2D eigenvalue weighted by Gasteiger charge is 2.62. The van der Waals surface area contributed by atoms with Crippen LogP contribution in [-0.4, -0.2) is 67.6 Å². The van der Waals surface area contributed by atoms with Crippen molar-refractivity contribution < 1.29 is 37.4 Å². The van der Waals surface area contributed by atoms with E-state index >= 15 is 0 Å². The Balaban J connectivity index is 1.00. The predicted molar refractivity (Wildman–Crippen MR) is 183 cm³/mol. The number of amides is 2. The number of carbonyl (C=O) groups excluding carboxylic acids is 2. The highest BCUT2D eigenvalue weighted by molar-refractivity contribution is 6.13. The molecule has 53 heavy (non-hydrogen) atoms. The third-order valence-electron chi connectivity index (χ3n) is 12.6. The molecule has 0 radical (unpaired) electrons. The van der Waals surface area contributed by atoms with Crippen LogP contribution >= 0.6 is 0 Å². The predicted octanol–water partition coefficient (Wildman–Crippen LogP) is 5.61. The molecule has 15 heteroatoms. The van der Waals surface area contributed by atoms with E-state index in [0.29, 0.717) is 86.4 Å². The molecular formula is C38H38F3N7O5. The number of halogens is 3. The third-order valence-corrected chi connectivity index (χ3v) is 12.6. The lowest BCUT2D eigenvalue weighted by molar-refractivity contribution is -0.163. The average molecular weight is 730 g/mol. The second-order valence-corrected chi connectivity index (χ2v) is 15.4. The number of carbonyl (C=O) groups is 3. The maximum absolute atomic E-state index is 14.8. The Bertz CT molecular complexity index is 1990. The van der Waals surface area contributed by atoms with Crippen LogP contribution in [0.5, 0.6) is 5.75 Å². The van der Waals surface area contributed by atoms with E-state index in [1.165, 1.54) is 0 Å². The second kappa shape index (κ2) is 12.2. The first-order valence-corrected chi connectivity index (χ1v) is 18.3. The molecule has 1 spiro atoms. The zero-order chi connectivity index (χ0) is 36.7. The molecule has 4 saturated carbocycles. The summed E-state index contributed by atoms with van der Waals surface area (Å²) in [7, 11) is 0. The van der Waals surface area contributed by atoms with Crippen molar-refractivity contribution in [3.63, 3.8) is 0 Å². The third kappa shape index (κ3) is 5.36. The van der Waals surface area contributed by atoms with Gasteiger partial charge in [-0.2, -0.15) is 13.2 Å². The number of rotatable bonds is 7. The number of aromatic nitrogens is 4. The van der Waals surface area contributed by atoms with Crippen LogP contribution in [0.4, 0.5) is 30.8 Å². The Morgan fingerprint density at radius 2 is 1.66 bits per heavy atom. The van der Waals surface area contributed by atoms with Crippen LogP contribution in [0.1, 0.15) is 79.4 Å². The second-order valence-electron chi connectivity index (χ2n) is 15.4. The topological polar surface area (TPSA) is 151 Å². The summed E-state index contributed by atoms with van der Waals surface area (Å²) in [6.07, 6.45) is 8.52. The zero-order valence-corrected chi connectivity index (χ0v) is 28.8. The summed E-state index contributed by atoms with van der Waals surface area (Å²) in [6.45, 7) is 1.40. The first kappa shape index (κ1) is 33.7. The number of allylic oxidation sites excluding steroid dienone is 1. The number of hydrogen-bond acceptors (Lipinski definition) is 9. The Labute approximate surface area is 302 Å². The van der Waals surface area contributed by atoms with Crippen molar-refractivity contribution in [2.45, 2.75) is 81.0 Å². The van der Waals surface area contributed by atoms with E-state index in [9.17, 15) is 32.7 Å². The number of nitrogens with zero attached hydrogens (tertiary/aromatic N) is 6. The molecule has 7 aliphatic rings. The van der Waals surface area contributed by atoms with Gasteiger partial charge in [-0.05, 0) is 98.4 Å². The minimum atomic E-state index is -5.11. The molecule has 276 valence electrons. The van der Waals surface area contributed by atoms with E-state index in [4.69, 9.17) is 4.74 Å². The van der Waals surface area contributed by atoms with Gasteiger partial charge < -0.3 is 20.1 Å². The van der Waals surface area contributed by atoms with E-state index in [-0.39, 0.29) is 17.9 Å². The number of benzene rings is 1. The van der Waals surface area contributed by atoms with Crippen molar-refractivity contribution in [1.82, 2.24) is 25.3 Å². The maximum Gasteiger partial charge on any atom is 0.434 e. The van der Waals surface area contributed by atoms with Gasteiger partial charge in [-0.3, -0.25) is 9.59 Å². The van der Waals surface area contributed by atoms with Gasteiger partial charge in [0.2, 0.25) is 17.8 Å². The number of carboxylic acids is 1. The van der Waals surface area contributed by atoms with Gasteiger partial charge in [0, 0.05) is 44.5 Å².